The predicted octanol–water partition coefficient (Wildman–Crippen LogP) is 3.45. The minimum Gasteiger partial charge on any atom is -0.492 e. The maximum atomic E-state index is 12.3. The number of amides is 1. The number of benzene rings is 2. The van der Waals surface area contributed by atoms with Crippen LogP contribution in [0.3, 0.4) is 0 Å². The Balaban J connectivity index is 1.64. The number of hydrogen-bond acceptors (Lipinski definition) is 6. The average molecular weight is 390 g/mol. The second-order valence-electron chi connectivity index (χ2n) is 5.12. The highest BCUT2D eigenvalue weighted by molar-refractivity contribution is 7.99. The topological polar surface area (TPSA) is 81.9 Å². The lowest BCUT2D eigenvalue weighted by Crippen LogP contribution is -2.15. The molecule has 0 unspecified atom stereocenters. The van der Waals surface area contributed by atoms with Crippen molar-refractivity contribution in [2.24, 2.45) is 0 Å². The largest absolute Gasteiger partial charge is 0.492 e. The van der Waals surface area contributed by atoms with E-state index in [2.05, 4.69) is 20.8 Å². The lowest BCUT2D eigenvalue weighted by atomic mass is 10.3. The molecule has 3 rings (SSSR count). The zero-order chi connectivity index (χ0) is 18.4. The molecule has 3 aromatic rings. The summed E-state index contributed by atoms with van der Waals surface area (Å²) in [6.07, 6.45) is 0. The minimum atomic E-state index is -0.173. The summed E-state index contributed by atoms with van der Waals surface area (Å²) in [6.45, 7) is 2.42. The van der Waals surface area contributed by atoms with Gasteiger partial charge in [0.2, 0.25) is 11.1 Å². The zero-order valence-electron chi connectivity index (χ0n) is 13.9. The Bertz CT molecular complexity index is 885. The van der Waals surface area contributed by atoms with E-state index in [9.17, 15) is 4.79 Å². The molecular weight excluding hydrogens is 374 g/mol. The summed E-state index contributed by atoms with van der Waals surface area (Å²) < 4.78 is 7.06. The number of nitrogens with zero attached hydrogens (tertiary/aromatic N) is 4. The number of anilines is 1. The van der Waals surface area contributed by atoms with Gasteiger partial charge in [0.15, 0.2) is 0 Å². The predicted molar refractivity (Wildman–Crippen MR) is 101 cm³/mol. The van der Waals surface area contributed by atoms with Crippen LogP contribution in [0.25, 0.3) is 5.69 Å². The Kier molecular flexibility index (Phi) is 6.08. The molecule has 0 atom stereocenters. The van der Waals surface area contributed by atoms with Crippen LogP contribution in [0.4, 0.5) is 5.69 Å². The molecule has 0 bridgehead atoms. The lowest BCUT2D eigenvalue weighted by molar-refractivity contribution is -0.113. The monoisotopic (exact) mass is 389 g/mol. The molecule has 2 aromatic carbocycles. The van der Waals surface area contributed by atoms with Crippen molar-refractivity contribution in [1.82, 2.24) is 20.2 Å². The molecule has 134 valence electrons. The highest BCUT2D eigenvalue weighted by Gasteiger charge is 2.13. The van der Waals surface area contributed by atoms with Crippen LogP contribution in [0.2, 0.25) is 5.02 Å². The summed E-state index contributed by atoms with van der Waals surface area (Å²) in [5.74, 6) is 0.626. The molecule has 0 spiro atoms. The van der Waals surface area contributed by atoms with Crippen molar-refractivity contribution < 1.29 is 9.53 Å². The third kappa shape index (κ3) is 4.53. The molecule has 0 radical (unpaired) electrons. The Morgan fingerprint density at radius 1 is 1.23 bits per heavy atom. The molecular formula is C17H16ClN5O2S. The maximum Gasteiger partial charge on any atom is 0.234 e. The van der Waals surface area contributed by atoms with E-state index in [1.165, 1.54) is 11.8 Å². The van der Waals surface area contributed by atoms with Crippen LogP contribution in [-0.2, 0) is 4.79 Å². The second kappa shape index (κ2) is 8.68. The van der Waals surface area contributed by atoms with Crippen molar-refractivity contribution in [3.05, 3.63) is 53.6 Å². The highest BCUT2D eigenvalue weighted by Crippen LogP contribution is 2.25. The van der Waals surface area contributed by atoms with Crippen LogP contribution >= 0.6 is 23.4 Å². The van der Waals surface area contributed by atoms with Gasteiger partial charge in [-0.05, 0) is 53.7 Å². The number of carbonyl (C=O) groups excluding carboxylic acids is 1. The summed E-state index contributed by atoms with van der Waals surface area (Å²) in [7, 11) is 0. The van der Waals surface area contributed by atoms with Crippen LogP contribution < -0.4 is 10.1 Å². The number of ether oxygens (including phenoxy) is 1. The van der Waals surface area contributed by atoms with E-state index in [1.807, 2.05) is 25.1 Å². The number of rotatable bonds is 7. The van der Waals surface area contributed by atoms with Crippen molar-refractivity contribution in [3.8, 4) is 11.4 Å². The van der Waals surface area contributed by atoms with Gasteiger partial charge in [0.05, 0.1) is 23.7 Å². The third-order valence-electron chi connectivity index (χ3n) is 3.31. The van der Waals surface area contributed by atoms with Gasteiger partial charge in [-0.15, -0.1) is 5.10 Å². The van der Waals surface area contributed by atoms with Gasteiger partial charge >= 0.3 is 0 Å². The van der Waals surface area contributed by atoms with Crippen molar-refractivity contribution >= 4 is 35.0 Å². The first kappa shape index (κ1) is 18.2. The van der Waals surface area contributed by atoms with Crippen LogP contribution in [0.15, 0.2) is 53.7 Å². The molecule has 0 fully saturated rings. The minimum absolute atomic E-state index is 0.161. The van der Waals surface area contributed by atoms with Gasteiger partial charge in [-0.3, -0.25) is 4.79 Å². The molecule has 26 heavy (non-hydrogen) atoms. The molecule has 7 nitrogen and oxygen atoms in total. The number of halogens is 1. The van der Waals surface area contributed by atoms with Crippen LogP contribution in [0.1, 0.15) is 6.92 Å². The standard InChI is InChI=1S/C17H16ClN5O2S/c1-2-25-15-6-4-3-5-14(15)19-16(24)11-26-17-20-21-22-23(17)13-9-7-12(18)8-10-13/h3-10H,2,11H2,1H3,(H,19,24). The van der Waals surface area contributed by atoms with Crippen LogP contribution in [0.5, 0.6) is 5.75 Å². The van der Waals surface area contributed by atoms with Crippen LogP contribution in [0, 0.1) is 0 Å². The van der Waals surface area contributed by atoms with Gasteiger partial charge in [-0.25, -0.2) is 0 Å². The van der Waals surface area contributed by atoms with Crippen molar-refractivity contribution in [2.45, 2.75) is 12.1 Å². The van der Waals surface area contributed by atoms with Crippen molar-refractivity contribution in [3.63, 3.8) is 0 Å². The van der Waals surface area contributed by atoms with Crippen molar-refractivity contribution in [1.29, 1.82) is 0 Å². The smallest absolute Gasteiger partial charge is 0.234 e. The van der Waals surface area contributed by atoms with Gasteiger partial charge in [0, 0.05) is 5.02 Å². The molecule has 0 aliphatic rings. The van der Waals surface area contributed by atoms with E-state index in [4.69, 9.17) is 16.3 Å². The molecule has 1 aromatic heterocycles. The van der Waals surface area contributed by atoms with Gasteiger partial charge in [-0.2, -0.15) is 4.68 Å². The average Bonchev–Trinajstić information content (AvgIpc) is 3.11. The van der Waals surface area contributed by atoms with Gasteiger partial charge in [0.25, 0.3) is 0 Å². The SMILES string of the molecule is CCOc1ccccc1NC(=O)CSc1nnnn1-c1ccc(Cl)cc1. The van der Waals surface area contributed by atoms with Crippen LogP contribution in [-0.4, -0.2) is 38.5 Å². The number of para-hydroxylation sites is 2. The molecule has 0 saturated heterocycles. The number of tetrazole rings is 1. The van der Waals surface area contributed by atoms with E-state index in [0.29, 0.717) is 28.2 Å². The molecule has 1 heterocycles. The van der Waals surface area contributed by atoms with Gasteiger partial charge < -0.3 is 10.1 Å². The Morgan fingerprint density at radius 2 is 2.00 bits per heavy atom. The Hall–Kier alpha value is -2.58. The maximum absolute atomic E-state index is 12.3. The Labute approximate surface area is 159 Å². The molecule has 9 heteroatoms. The summed E-state index contributed by atoms with van der Waals surface area (Å²) >= 11 is 7.14. The lowest BCUT2D eigenvalue weighted by Gasteiger charge is -2.11. The fourth-order valence-electron chi connectivity index (χ4n) is 2.18. The summed E-state index contributed by atoms with van der Waals surface area (Å²) in [5.41, 5.74) is 1.40. The van der Waals surface area contributed by atoms with Gasteiger partial charge in [-0.1, -0.05) is 35.5 Å². The summed E-state index contributed by atoms with van der Waals surface area (Å²) in [6, 6.07) is 14.4. The number of nitrogens with one attached hydrogen (secondary N) is 1. The quantitative estimate of drug-likeness (QED) is 0.623. The summed E-state index contributed by atoms with van der Waals surface area (Å²) in [4.78, 5) is 12.3. The van der Waals surface area contributed by atoms with Crippen molar-refractivity contribution in [2.75, 3.05) is 17.7 Å². The van der Waals surface area contributed by atoms with E-state index < -0.39 is 0 Å². The number of carbonyl (C=O) groups is 1. The van der Waals surface area contributed by atoms with E-state index >= 15 is 0 Å². The molecule has 1 amide bonds. The normalized spacial score (nSPS) is 10.5. The Morgan fingerprint density at radius 3 is 2.77 bits per heavy atom. The fourth-order valence-corrected chi connectivity index (χ4v) is 3.00. The zero-order valence-corrected chi connectivity index (χ0v) is 15.5. The first-order chi connectivity index (χ1) is 12.7. The summed E-state index contributed by atoms with van der Waals surface area (Å²) in [5, 5.41) is 15.6. The van der Waals surface area contributed by atoms with E-state index in [1.54, 1.807) is 35.0 Å². The fraction of sp³-hybridized carbons (Fsp3) is 0.176. The number of thioether (sulfide) groups is 1. The molecule has 0 saturated carbocycles. The first-order valence-electron chi connectivity index (χ1n) is 7.86. The van der Waals surface area contributed by atoms with E-state index in [-0.39, 0.29) is 11.7 Å². The van der Waals surface area contributed by atoms with Gasteiger partial charge in [0.1, 0.15) is 5.75 Å². The second-order valence-corrected chi connectivity index (χ2v) is 6.49. The third-order valence-corrected chi connectivity index (χ3v) is 4.48. The number of hydrogen-bond donors (Lipinski definition) is 1. The molecule has 1 N–H and O–H groups in total. The first-order valence-corrected chi connectivity index (χ1v) is 9.22. The highest BCUT2D eigenvalue weighted by atomic mass is 35.5. The molecule has 0 aliphatic carbocycles. The van der Waals surface area contributed by atoms with E-state index in [0.717, 1.165) is 5.69 Å². The molecule has 0 aliphatic heterocycles. The number of aromatic nitrogens is 4.